The smallest absolute Gasteiger partial charge is 0.254 e. The Bertz CT molecular complexity index is 1040. The van der Waals surface area contributed by atoms with Gasteiger partial charge in [0.2, 0.25) is 0 Å². The third-order valence-electron chi connectivity index (χ3n) is 6.00. The normalized spacial score (nSPS) is 21.7. The number of nitrogens with zero attached hydrogens (tertiary/aromatic N) is 2. The summed E-state index contributed by atoms with van der Waals surface area (Å²) in [6.07, 6.45) is 2.02. The van der Waals surface area contributed by atoms with Gasteiger partial charge in [-0.1, -0.05) is 18.2 Å². The van der Waals surface area contributed by atoms with E-state index in [9.17, 15) is 9.18 Å². The first-order chi connectivity index (χ1) is 13.6. The summed E-state index contributed by atoms with van der Waals surface area (Å²) in [7, 11) is 0. The van der Waals surface area contributed by atoms with Crippen molar-refractivity contribution < 1.29 is 13.9 Å². The molecule has 0 N–H and O–H groups in total. The molecule has 2 aromatic carbocycles. The number of rotatable bonds is 2. The molecule has 28 heavy (non-hydrogen) atoms. The summed E-state index contributed by atoms with van der Waals surface area (Å²) in [5.41, 5.74) is 3.02. The molecule has 0 saturated carbocycles. The first-order valence-electron chi connectivity index (χ1n) is 9.66. The Kier molecular flexibility index (Phi) is 4.13. The Morgan fingerprint density at radius 1 is 1.11 bits per heavy atom. The number of hydrogen-bond donors (Lipinski definition) is 0. The van der Waals surface area contributed by atoms with Gasteiger partial charge in [-0.3, -0.25) is 4.79 Å². The van der Waals surface area contributed by atoms with Gasteiger partial charge < -0.3 is 9.64 Å². The fraction of sp³-hybridized carbons (Fsp3) is 0.304. The topological polar surface area (TPSA) is 42.4 Å². The molecule has 2 aliphatic rings. The van der Waals surface area contributed by atoms with Crippen LogP contribution in [-0.2, 0) is 4.74 Å². The summed E-state index contributed by atoms with van der Waals surface area (Å²) in [4.78, 5) is 20.1. The number of para-hydroxylation sites is 1. The van der Waals surface area contributed by atoms with Gasteiger partial charge in [0.25, 0.3) is 5.91 Å². The molecule has 1 amide bonds. The van der Waals surface area contributed by atoms with E-state index in [0.717, 1.165) is 55.6 Å². The number of fused-ring (bicyclic) bond motifs is 1. The van der Waals surface area contributed by atoms with E-state index in [1.807, 2.05) is 35.2 Å². The van der Waals surface area contributed by atoms with Crippen molar-refractivity contribution in [1.29, 1.82) is 0 Å². The molecule has 1 spiro atoms. The van der Waals surface area contributed by atoms with Crippen LogP contribution in [0.1, 0.15) is 23.2 Å². The van der Waals surface area contributed by atoms with Crippen LogP contribution in [0.2, 0.25) is 0 Å². The van der Waals surface area contributed by atoms with Crippen LogP contribution in [0, 0.1) is 11.2 Å². The van der Waals surface area contributed by atoms with Crippen molar-refractivity contribution >= 4 is 16.8 Å². The number of amides is 1. The summed E-state index contributed by atoms with van der Waals surface area (Å²) in [5, 5.41) is 0.849. The van der Waals surface area contributed by atoms with Crippen molar-refractivity contribution in [2.24, 2.45) is 5.41 Å². The zero-order chi connectivity index (χ0) is 19.1. The molecule has 142 valence electrons. The van der Waals surface area contributed by atoms with Crippen LogP contribution in [0.5, 0.6) is 0 Å². The van der Waals surface area contributed by atoms with Gasteiger partial charge in [0.1, 0.15) is 5.82 Å². The summed E-state index contributed by atoms with van der Waals surface area (Å²) in [6, 6.07) is 15.8. The number of carbonyl (C=O) groups is 1. The third-order valence-corrected chi connectivity index (χ3v) is 6.00. The number of halogens is 1. The minimum Gasteiger partial charge on any atom is -0.381 e. The zero-order valence-corrected chi connectivity index (χ0v) is 15.5. The van der Waals surface area contributed by atoms with Crippen LogP contribution < -0.4 is 0 Å². The number of aromatic nitrogens is 1. The summed E-state index contributed by atoms with van der Waals surface area (Å²) >= 11 is 0. The monoisotopic (exact) mass is 376 g/mol. The molecule has 5 rings (SSSR count). The van der Waals surface area contributed by atoms with E-state index >= 15 is 0 Å². The lowest BCUT2D eigenvalue weighted by Crippen LogP contribution is -2.32. The van der Waals surface area contributed by atoms with E-state index in [0.29, 0.717) is 11.3 Å². The minimum atomic E-state index is -0.290. The van der Waals surface area contributed by atoms with Gasteiger partial charge in [0.15, 0.2) is 0 Å². The fourth-order valence-electron chi connectivity index (χ4n) is 4.37. The Morgan fingerprint density at radius 2 is 1.93 bits per heavy atom. The number of carbonyl (C=O) groups excluding carboxylic acids is 1. The highest BCUT2D eigenvalue weighted by atomic mass is 19.1. The highest BCUT2D eigenvalue weighted by Gasteiger charge is 2.43. The van der Waals surface area contributed by atoms with Crippen molar-refractivity contribution in [2.45, 2.75) is 12.8 Å². The van der Waals surface area contributed by atoms with Gasteiger partial charge in [-0.25, -0.2) is 9.37 Å². The Morgan fingerprint density at radius 3 is 2.71 bits per heavy atom. The van der Waals surface area contributed by atoms with Crippen LogP contribution in [0.15, 0.2) is 54.6 Å². The Hall–Kier alpha value is -2.79. The number of likely N-dealkylation sites (tertiary alicyclic amines) is 1. The molecular formula is C23H21FN2O2. The van der Waals surface area contributed by atoms with Crippen molar-refractivity contribution in [3.63, 3.8) is 0 Å². The fourth-order valence-corrected chi connectivity index (χ4v) is 4.37. The second-order valence-electron chi connectivity index (χ2n) is 7.86. The van der Waals surface area contributed by atoms with Crippen molar-refractivity contribution in [3.05, 3.63) is 66.0 Å². The van der Waals surface area contributed by atoms with Gasteiger partial charge >= 0.3 is 0 Å². The van der Waals surface area contributed by atoms with E-state index in [4.69, 9.17) is 9.72 Å². The highest BCUT2D eigenvalue weighted by molar-refractivity contribution is 6.07. The van der Waals surface area contributed by atoms with E-state index < -0.39 is 0 Å². The van der Waals surface area contributed by atoms with Crippen LogP contribution in [0.4, 0.5) is 4.39 Å². The SMILES string of the molecule is O=C(c1cc(-c2ccc(F)cc2)nc2ccccc12)N1CC[C@]2(CCOC2)C1. The molecule has 0 radical (unpaired) electrons. The molecule has 2 fully saturated rings. The van der Waals surface area contributed by atoms with Crippen LogP contribution in [0.25, 0.3) is 22.2 Å². The molecule has 0 bridgehead atoms. The first-order valence-corrected chi connectivity index (χ1v) is 9.66. The Balaban J connectivity index is 1.56. The van der Waals surface area contributed by atoms with Crippen molar-refractivity contribution in [2.75, 3.05) is 26.3 Å². The largest absolute Gasteiger partial charge is 0.381 e. The minimum absolute atomic E-state index is 0.0331. The van der Waals surface area contributed by atoms with Gasteiger partial charge in [-0.15, -0.1) is 0 Å². The summed E-state index contributed by atoms with van der Waals surface area (Å²) in [6.45, 7) is 3.03. The van der Waals surface area contributed by atoms with Gasteiger partial charge in [0, 0.05) is 36.1 Å². The number of hydrogen-bond acceptors (Lipinski definition) is 3. The average molecular weight is 376 g/mol. The van der Waals surface area contributed by atoms with Gasteiger partial charge in [0.05, 0.1) is 23.4 Å². The van der Waals surface area contributed by atoms with E-state index in [1.54, 1.807) is 12.1 Å². The number of ether oxygens (including phenoxy) is 1. The van der Waals surface area contributed by atoms with E-state index in [-0.39, 0.29) is 17.1 Å². The molecular weight excluding hydrogens is 355 g/mol. The third kappa shape index (κ3) is 2.96. The molecule has 2 aliphatic heterocycles. The van der Waals surface area contributed by atoms with Crippen molar-refractivity contribution in [1.82, 2.24) is 9.88 Å². The molecule has 1 atom stereocenters. The predicted octanol–water partition coefficient (Wildman–Crippen LogP) is 4.29. The van der Waals surface area contributed by atoms with Crippen LogP contribution in [0.3, 0.4) is 0 Å². The predicted molar refractivity (Wildman–Crippen MR) is 106 cm³/mol. The summed E-state index contributed by atoms with van der Waals surface area (Å²) in [5.74, 6) is -0.257. The van der Waals surface area contributed by atoms with Crippen molar-refractivity contribution in [3.8, 4) is 11.3 Å². The Labute approximate surface area is 162 Å². The average Bonchev–Trinajstić information content (AvgIpc) is 3.37. The second kappa shape index (κ2) is 6.67. The lowest BCUT2D eigenvalue weighted by Gasteiger charge is -2.22. The van der Waals surface area contributed by atoms with E-state index in [1.165, 1.54) is 12.1 Å². The molecule has 0 unspecified atom stereocenters. The second-order valence-corrected chi connectivity index (χ2v) is 7.86. The van der Waals surface area contributed by atoms with Gasteiger partial charge in [-0.2, -0.15) is 0 Å². The molecule has 2 saturated heterocycles. The molecule has 4 nitrogen and oxygen atoms in total. The highest BCUT2D eigenvalue weighted by Crippen LogP contribution is 2.39. The summed E-state index contributed by atoms with van der Waals surface area (Å²) < 4.78 is 18.9. The number of benzene rings is 2. The molecule has 3 heterocycles. The molecule has 0 aliphatic carbocycles. The molecule has 5 heteroatoms. The lowest BCUT2D eigenvalue weighted by atomic mass is 9.87. The quantitative estimate of drug-likeness (QED) is 0.670. The lowest BCUT2D eigenvalue weighted by molar-refractivity contribution is 0.0767. The maximum atomic E-state index is 13.4. The maximum absolute atomic E-state index is 13.4. The molecule has 3 aromatic rings. The zero-order valence-electron chi connectivity index (χ0n) is 15.5. The number of pyridine rings is 1. The maximum Gasteiger partial charge on any atom is 0.254 e. The van der Waals surface area contributed by atoms with E-state index in [2.05, 4.69) is 0 Å². The molecule has 1 aromatic heterocycles. The van der Waals surface area contributed by atoms with Crippen LogP contribution >= 0.6 is 0 Å². The first kappa shape index (κ1) is 17.3. The van der Waals surface area contributed by atoms with Gasteiger partial charge in [-0.05, 0) is 49.2 Å². The van der Waals surface area contributed by atoms with Crippen LogP contribution in [-0.4, -0.2) is 42.1 Å². The standard InChI is InChI=1S/C23H21FN2O2/c24-17-7-5-16(6-8-17)21-13-19(18-3-1-2-4-20(18)25-21)22(27)26-11-9-23(14-26)10-12-28-15-23/h1-8,13H,9-12,14-15H2/t23-/m0/s1.